The van der Waals surface area contributed by atoms with Gasteiger partial charge in [0.25, 0.3) is 5.89 Å². The van der Waals surface area contributed by atoms with Gasteiger partial charge in [-0.3, -0.25) is 0 Å². The molecular formula is C13H17N3OS2. The van der Waals surface area contributed by atoms with E-state index in [-0.39, 0.29) is 0 Å². The Morgan fingerprint density at radius 3 is 2.95 bits per heavy atom. The molecule has 0 unspecified atom stereocenters. The number of thiophene rings is 1. The largest absolute Gasteiger partial charge is 0.391 e. The highest BCUT2D eigenvalue weighted by molar-refractivity contribution is 7.99. The maximum absolute atomic E-state index is 5.79. The lowest BCUT2D eigenvalue weighted by Gasteiger charge is -2.04. The molecule has 2 aromatic heterocycles. The quantitative estimate of drug-likeness (QED) is 0.927. The summed E-state index contributed by atoms with van der Waals surface area (Å²) in [6.45, 7) is 2.01. The molecule has 1 saturated carbocycles. The molecule has 0 amide bonds. The van der Waals surface area contributed by atoms with Crippen molar-refractivity contribution < 1.29 is 4.52 Å². The van der Waals surface area contributed by atoms with Crippen LogP contribution >= 0.6 is 23.1 Å². The fraction of sp³-hybridized carbons (Fsp3) is 0.538. The topological polar surface area (TPSA) is 64.9 Å². The second-order valence-electron chi connectivity index (χ2n) is 4.89. The summed E-state index contributed by atoms with van der Waals surface area (Å²) < 4.78 is 5.34. The summed E-state index contributed by atoms with van der Waals surface area (Å²) in [4.78, 5) is 5.46. The van der Waals surface area contributed by atoms with Crippen LogP contribution in [0.3, 0.4) is 0 Å². The molecule has 2 aromatic rings. The Bertz CT molecular complexity index is 558. The number of anilines is 1. The molecule has 3 rings (SSSR count). The van der Waals surface area contributed by atoms with Gasteiger partial charge in [-0.05, 0) is 31.4 Å². The molecule has 1 aliphatic carbocycles. The SMILES string of the molecule is Cc1cc(N)sc1-c1nc(CSC2CCCC2)no1. The molecule has 0 spiro atoms. The first-order chi connectivity index (χ1) is 9.22. The van der Waals surface area contributed by atoms with E-state index in [9.17, 15) is 0 Å². The van der Waals surface area contributed by atoms with Gasteiger partial charge < -0.3 is 10.3 Å². The van der Waals surface area contributed by atoms with Crippen LogP contribution in [-0.4, -0.2) is 15.4 Å². The van der Waals surface area contributed by atoms with Gasteiger partial charge in [0.1, 0.15) is 0 Å². The van der Waals surface area contributed by atoms with Crippen molar-refractivity contribution in [3.8, 4) is 10.8 Å². The Kier molecular flexibility index (Phi) is 3.79. The summed E-state index contributed by atoms with van der Waals surface area (Å²) >= 11 is 3.45. The summed E-state index contributed by atoms with van der Waals surface area (Å²) in [5.74, 6) is 2.23. The fourth-order valence-electron chi connectivity index (χ4n) is 2.37. The molecule has 19 heavy (non-hydrogen) atoms. The van der Waals surface area contributed by atoms with E-state index in [1.807, 2.05) is 24.8 Å². The summed E-state index contributed by atoms with van der Waals surface area (Å²) in [6, 6.07) is 1.94. The van der Waals surface area contributed by atoms with Gasteiger partial charge in [0.05, 0.1) is 15.6 Å². The van der Waals surface area contributed by atoms with Gasteiger partial charge >= 0.3 is 0 Å². The Hall–Kier alpha value is -1.01. The van der Waals surface area contributed by atoms with Crippen molar-refractivity contribution in [2.75, 3.05) is 5.73 Å². The molecule has 102 valence electrons. The van der Waals surface area contributed by atoms with Crippen LogP contribution in [0, 0.1) is 6.92 Å². The Morgan fingerprint density at radius 1 is 1.47 bits per heavy atom. The van der Waals surface area contributed by atoms with Crippen LogP contribution in [0.25, 0.3) is 10.8 Å². The van der Waals surface area contributed by atoms with Crippen LogP contribution in [0.5, 0.6) is 0 Å². The minimum Gasteiger partial charge on any atom is -0.391 e. The third kappa shape index (κ3) is 2.95. The minimum atomic E-state index is 0.598. The summed E-state index contributed by atoms with van der Waals surface area (Å²) in [5, 5.41) is 5.63. The smallest absolute Gasteiger partial charge is 0.268 e. The first-order valence-corrected chi connectivity index (χ1v) is 8.39. The highest BCUT2D eigenvalue weighted by Gasteiger charge is 2.18. The zero-order valence-electron chi connectivity index (χ0n) is 10.9. The Labute approximate surface area is 120 Å². The predicted octanol–water partition coefficient (Wildman–Crippen LogP) is 3.86. The van der Waals surface area contributed by atoms with Gasteiger partial charge in [0, 0.05) is 5.25 Å². The van der Waals surface area contributed by atoms with Crippen molar-refractivity contribution in [2.24, 2.45) is 0 Å². The van der Waals surface area contributed by atoms with Crippen LogP contribution in [0.1, 0.15) is 37.1 Å². The number of hydrogen-bond donors (Lipinski definition) is 1. The molecule has 6 heteroatoms. The number of nitrogen functional groups attached to an aromatic ring is 1. The van der Waals surface area contributed by atoms with Crippen LogP contribution in [0.2, 0.25) is 0 Å². The maximum Gasteiger partial charge on any atom is 0.268 e. The van der Waals surface area contributed by atoms with Crippen molar-refractivity contribution in [2.45, 2.75) is 43.6 Å². The Balaban J connectivity index is 1.67. The molecular weight excluding hydrogens is 278 g/mol. The number of nitrogens with zero attached hydrogens (tertiary/aromatic N) is 2. The second kappa shape index (κ2) is 5.54. The number of aromatic nitrogens is 2. The number of thioether (sulfide) groups is 1. The van der Waals surface area contributed by atoms with Crippen molar-refractivity contribution >= 4 is 28.1 Å². The average Bonchev–Trinajstić information content (AvgIpc) is 3.08. The van der Waals surface area contributed by atoms with Crippen molar-refractivity contribution in [1.82, 2.24) is 10.1 Å². The fourth-order valence-corrected chi connectivity index (χ4v) is 4.40. The van der Waals surface area contributed by atoms with E-state index in [0.29, 0.717) is 5.89 Å². The molecule has 0 aliphatic heterocycles. The van der Waals surface area contributed by atoms with E-state index in [0.717, 1.165) is 32.3 Å². The van der Waals surface area contributed by atoms with Crippen LogP contribution in [0.4, 0.5) is 5.00 Å². The third-order valence-corrected chi connectivity index (χ3v) is 5.77. The lowest BCUT2D eigenvalue weighted by atomic mass is 10.3. The predicted molar refractivity (Wildman–Crippen MR) is 80.3 cm³/mol. The lowest BCUT2D eigenvalue weighted by Crippen LogP contribution is -1.95. The summed E-state index contributed by atoms with van der Waals surface area (Å²) in [6.07, 6.45) is 5.39. The lowest BCUT2D eigenvalue weighted by molar-refractivity contribution is 0.426. The van der Waals surface area contributed by atoms with Gasteiger partial charge in [-0.2, -0.15) is 16.7 Å². The number of nitrogens with two attached hydrogens (primary N) is 1. The molecule has 1 fully saturated rings. The average molecular weight is 295 g/mol. The van der Waals surface area contributed by atoms with E-state index in [1.165, 1.54) is 37.0 Å². The molecule has 2 heterocycles. The maximum atomic E-state index is 5.79. The van der Waals surface area contributed by atoms with E-state index < -0.39 is 0 Å². The van der Waals surface area contributed by atoms with Gasteiger partial charge in [0.2, 0.25) is 0 Å². The summed E-state index contributed by atoms with van der Waals surface area (Å²) in [5.41, 5.74) is 6.89. The van der Waals surface area contributed by atoms with Gasteiger partial charge in [-0.1, -0.05) is 18.0 Å². The molecule has 1 aliphatic rings. The van der Waals surface area contributed by atoms with Crippen molar-refractivity contribution in [3.63, 3.8) is 0 Å². The first kappa shape index (κ1) is 13.0. The molecule has 0 atom stereocenters. The highest BCUT2D eigenvalue weighted by atomic mass is 32.2. The molecule has 2 N–H and O–H groups in total. The van der Waals surface area contributed by atoms with Crippen LogP contribution in [0.15, 0.2) is 10.6 Å². The molecule has 4 nitrogen and oxygen atoms in total. The molecule has 0 saturated heterocycles. The zero-order chi connectivity index (χ0) is 13.2. The van der Waals surface area contributed by atoms with Crippen LogP contribution < -0.4 is 5.73 Å². The number of aryl methyl sites for hydroxylation is 1. The zero-order valence-corrected chi connectivity index (χ0v) is 12.5. The van der Waals surface area contributed by atoms with E-state index >= 15 is 0 Å². The monoisotopic (exact) mass is 295 g/mol. The van der Waals surface area contributed by atoms with Gasteiger partial charge in [0.15, 0.2) is 5.82 Å². The van der Waals surface area contributed by atoms with E-state index in [1.54, 1.807) is 0 Å². The number of hydrogen-bond acceptors (Lipinski definition) is 6. The van der Waals surface area contributed by atoms with E-state index in [4.69, 9.17) is 10.3 Å². The molecule has 0 radical (unpaired) electrons. The first-order valence-electron chi connectivity index (χ1n) is 6.53. The van der Waals surface area contributed by atoms with Crippen LogP contribution in [-0.2, 0) is 5.75 Å². The van der Waals surface area contributed by atoms with Gasteiger partial charge in [-0.15, -0.1) is 11.3 Å². The normalized spacial score (nSPS) is 16.3. The van der Waals surface area contributed by atoms with E-state index in [2.05, 4.69) is 10.1 Å². The Morgan fingerprint density at radius 2 is 2.26 bits per heavy atom. The van der Waals surface area contributed by atoms with Crippen molar-refractivity contribution in [3.05, 3.63) is 17.5 Å². The molecule has 0 aromatic carbocycles. The summed E-state index contributed by atoms with van der Waals surface area (Å²) in [7, 11) is 0. The van der Waals surface area contributed by atoms with Gasteiger partial charge in [-0.25, -0.2) is 0 Å². The molecule has 0 bridgehead atoms. The standard InChI is InChI=1S/C13H17N3OS2/c1-8-6-10(14)19-12(8)13-15-11(16-17-13)7-18-9-4-2-3-5-9/h6,9H,2-5,7,14H2,1H3. The second-order valence-corrected chi connectivity index (χ2v) is 7.27. The highest BCUT2D eigenvalue weighted by Crippen LogP contribution is 2.34. The third-order valence-electron chi connectivity index (χ3n) is 3.35. The number of rotatable bonds is 4. The van der Waals surface area contributed by atoms with Crippen molar-refractivity contribution in [1.29, 1.82) is 0 Å². The minimum absolute atomic E-state index is 0.598.